The van der Waals surface area contributed by atoms with Gasteiger partial charge in [-0.1, -0.05) is 12.1 Å². The van der Waals surface area contributed by atoms with Crippen LogP contribution in [0.3, 0.4) is 0 Å². The van der Waals surface area contributed by atoms with Crippen LogP contribution in [0, 0.1) is 5.41 Å². The van der Waals surface area contributed by atoms with E-state index in [2.05, 4.69) is 0 Å². The van der Waals surface area contributed by atoms with Crippen molar-refractivity contribution in [2.75, 3.05) is 13.7 Å². The number of carbonyl (C=O) groups excluding carboxylic acids is 1. The number of esters is 1. The quantitative estimate of drug-likeness (QED) is 0.628. The molecule has 19 heavy (non-hydrogen) atoms. The maximum atomic E-state index is 11.8. The van der Waals surface area contributed by atoms with E-state index in [1.54, 1.807) is 38.3 Å². The van der Waals surface area contributed by atoms with E-state index < -0.39 is 17.4 Å². The first-order valence-electron chi connectivity index (χ1n) is 5.97. The van der Waals surface area contributed by atoms with E-state index in [0.29, 0.717) is 5.75 Å². The molecule has 104 valence electrons. The fraction of sp³-hybridized carbons (Fsp3) is 0.429. The molecule has 0 fully saturated rings. The molecule has 1 aromatic rings. The Bertz CT molecular complexity index is 451. The molecule has 1 rings (SSSR count). The topological polar surface area (TPSA) is 72.8 Å². The van der Waals surface area contributed by atoms with Gasteiger partial charge < -0.3 is 14.6 Å². The number of hydrogen-bond acceptors (Lipinski definition) is 4. The normalized spacial score (nSPS) is 13.4. The summed E-state index contributed by atoms with van der Waals surface area (Å²) in [6.07, 6.45) is 0.0746. The Balaban J connectivity index is 2.94. The van der Waals surface area contributed by atoms with Crippen molar-refractivity contribution in [1.29, 1.82) is 0 Å². The molecule has 1 atom stereocenters. The third kappa shape index (κ3) is 3.47. The minimum Gasteiger partial charge on any atom is -0.497 e. The Morgan fingerprint density at radius 1 is 1.26 bits per heavy atom. The molecule has 5 nitrogen and oxygen atoms in total. The van der Waals surface area contributed by atoms with Crippen LogP contribution in [0.4, 0.5) is 0 Å². The molecule has 5 heteroatoms. The van der Waals surface area contributed by atoms with Crippen molar-refractivity contribution in [3.8, 4) is 5.75 Å². The lowest BCUT2D eigenvalue weighted by atomic mass is 9.83. The number of ether oxygens (including phenoxy) is 2. The SMILES string of the molecule is CCOC(=O)C(C)(Cc1ccc(OC)cc1)C(=O)O. The van der Waals surface area contributed by atoms with E-state index >= 15 is 0 Å². The van der Waals surface area contributed by atoms with Crippen LogP contribution in [0.2, 0.25) is 0 Å². The lowest BCUT2D eigenvalue weighted by Crippen LogP contribution is -2.39. The van der Waals surface area contributed by atoms with Crippen LogP contribution in [-0.4, -0.2) is 30.8 Å². The predicted molar refractivity (Wildman–Crippen MR) is 69.1 cm³/mol. The molecular weight excluding hydrogens is 248 g/mol. The summed E-state index contributed by atoms with van der Waals surface area (Å²) in [6, 6.07) is 6.92. The van der Waals surface area contributed by atoms with Crippen molar-refractivity contribution < 1.29 is 24.2 Å². The van der Waals surface area contributed by atoms with Gasteiger partial charge in [-0.2, -0.15) is 0 Å². The zero-order chi connectivity index (χ0) is 14.5. The van der Waals surface area contributed by atoms with Crippen molar-refractivity contribution in [2.24, 2.45) is 5.41 Å². The van der Waals surface area contributed by atoms with E-state index in [4.69, 9.17) is 9.47 Å². The first-order chi connectivity index (χ1) is 8.93. The second kappa shape index (κ2) is 6.22. The number of benzene rings is 1. The van der Waals surface area contributed by atoms with Gasteiger partial charge in [0.2, 0.25) is 0 Å². The Labute approximate surface area is 112 Å². The Morgan fingerprint density at radius 2 is 1.84 bits per heavy atom. The molecule has 0 amide bonds. The second-order valence-electron chi connectivity index (χ2n) is 4.38. The molecule has 0 spiro atoms. The molecule has 1 aromatic carbocycles. The van der Waals surface area contributed by atoms with Crippen molar-refractivity contribution >= 4 is 11.9 Å². The predicted octanol–water partition coefficient (Wildman–Crippen LogP) is 1.89. The van der Waals surface area contributed by atoms with Crippen molar-refractivity contribution in [3.63, 3.8) is 0 Å². The minimum absolute atomic E-state index is 0.0746. The highest BCUT2D eigenvalue weighted by Crippen LogP contribution is 2.26. The fourth-order valence-electron chi connectivity index (χ4n) is 1.68. The second-order valence-corrected chi connectivity index (χ2v) is 4.38. The summed E-state index contributed by atoms with van der Waals surface area (Å²) in [5.74, 6) is -1.24. The number of rotatable bonds is 6. The molecular formula is C14H18O5. The molecule has 1 unspecified atom stereocenters. The van der Waals surface area contributed by atoms with E-state index in [1.165, 1.54) is 6.92 Å². The minimum atomic E-state index is -1.58. The lowest BCUT2D eigenvalue weighted by molar-refractivity contribution is -0.167. The van der Waals surface area contributed by atoms with Crippen molar-refractivity contribution in [2.45, 2.75) is 20.3 Å². The number of carboxylic acid groups (broad SMARTS) is 1. The Morgan fingerprint density at radius 3 is 2.26 bits per heavy atom. The zero-order valence-corrected chi connectivity index (χ0v) is 11.3. The summed E-state index contributed by atoms with van der Waals surface area (Å²) in [5, 5.41) is 9.27. The number of aliphatic carboxylic acids is 1. The van der Waals surface area contributed by atoms with Crippen LogP contribution in [-0.2, 0) is 20.7 Å². The van der Waals surface area contributed by atoms with Gasteiger partial charge in [0, 0.05) is 0 Å². The van der Waals surface area contributed by atoms with Gasteiger partial charge in [0.15, 0.2) is 5.41 Å². The molecule has 0 aliphatic carbocycles. The molecule has 0 bridgehead atoms. The maximum Gasteiger partial charge on any atom is 0.323 e. The highest BCUT2D eigenvalue weighted by molar-refractivity contribution is 5.99. The molecule has 0 saturated carbocycles. The molecule has 0 aromatic heterocycles. The lowest BCUT2D eigenvalue weighted by Gasteiger charge is -2.22. The monoisotopic (exact) mass is 266 g/mol. The summed E-state index contributed by atoms with van der Waals surface area (Å²) in [5.41, 5.74) is -0.844. The summed E-state index contributed by atoms with van der Waals surface area (Å²) >= 11 is 0. The molecule has 0 aliphatic rings. The van der Waals surface area contributed by atoms with Crippen LogP contribution in [0.25, 0.3) is 0 Å². The third-order valence-corrected chi connectivity index (χ3v) is 2.91. The molecule has 0 saturated heterocycles. The van der Waals surface area contributed by atoms with Crippen LogP contribution in [0.1, 0.15) is 19.4 Å². The Kier molecular flexibility index (Phi) is 4.92. The molecule has 0 radical (unpaired) electrons. The van der Waals surface area contributed by atoms with E-state index in [0.717, 1.165) is 5.56 Å². The first kappa shape index (κ1) is 15.0. The summed E-state index contributed by atoms with van der Waals surface area (Å²) < 4.78 is 9.87. The van der Waals surface area contributed by atoms with Crippen LogP contribution in [0.5, 0.6) is 5.75 Å². The molecule has 0 aliphatic heterocycles. The highest BCUT2D eigenvalue weighted by atomic mass is 16.5. The van der Waals surface area contributed by atoms with Crippen LogP contribution < -0.4 is 4.74 Å². The van der Waals surface area contributed by atoms with Gasteiger partial charge in [-0.3, -0.25) is 9.59 Å². The van der Waals surface area contributed by atoms with Gasteiger partial charge in [0.1, 0.15) is 5.75 Å². The van der Waals surface area contributed by atoms with E-state index in [-0.39, 0.29) is 13.0 Å². The van der Waals surface area contributed by atoms with E-state index in [1.807, 2.05) is 0 Å². The summed E-state index contributed by atoms with van der Waals surface area (Å²) in [7, 11) is 1.55. The number of carboxylic acids is 1. The fourth-order valence-corrected chi connectivity index (χ4v) is 1.68. The highest BCUT2D eigenvalue weighted by Gasteiger charge is 2.43. The van der Waals surface area contributed by atoms with Gasteiger partial charge in [0.25, 0.3) is 0 Å². The average Bonchev–Trinajstić information content (AvgIpc) is 2.39. The van der Waals surface area contributed by atoms with Gasteiger partial charge in [-0.15, -0.1) is 0 Å². The third-order valence-electron chi connectivity index (χ3n) is 2.91. The largest absolute Gasteiger partial charge is 0.497 e. The van der Waals surface area contributed by atoms with Gasteiger partial charge in [0.05, 0.1) is 13.7 Å². The summed E-state index contributed by atoms with van der Waals surface area (Å²) in [6.45, 7) is 3.18. The smallest absolute Gasteiger partial charge is 0.323 e. The van der Waals surface area contributed by atoms with Gasteiger partial charge in [-0.05, 0) is 38.0 Å². The zero-order valence-electron chi connectivity index (χ0n) is 11.3. The van der Waals surface area contributed by atoms with Gasteiger partial charge in [-0.25, -0.2) is 0 Å². The first-order valence-corrected chi connectivity index (χ1v) is 5.97. The van der Waals surface area contributed by atoms with Crippen molar-refractivity contribution in [3.05, 3.63) is 29.8 Å². The molecule has 0 heterocycles. The summed E-state index contributed by atoms with van der Waals surface area (Å²) in [4.78, 5) is 23.1. The van der Waals surface area contributed by atoms with E-state index in [9.17, 15) is 14.7 Å². The van der Waals surface area contributed by atoms with Gasteiger partial charge >= 0.3 is 11.9 Å². The number of methoxy groups -OCH3 is 1. The standard InChI is InChI=1S/C14H18O5/c1-4-19-13(17)14(2,12(15)16)9-10-5-7-11(18-3)8-6-10/h5-8H,4,9H2,1-3H3,(H,15,16). The van der Waals surface area contributed by atoms with Crippen molar-refractivity contribution in [1.82, 2.24) is 0 Å². The average molecular weight is 266 g/mol. The number of hydrogen-bond donors (Lipinski definition) is 1. The van der Waals surface area contributed by atoms with Crippen LogP contribution >= 0.6 is 0 Å². The Hall–Kier alpha value is -2.04. The maximum absolute atomic E-state index is 11.8. The number of carbonyl (C=O) groups is 2. The molecule has 1 N–H and O–H groups in total. The van der Waals surface area contributed by atoms with Crippen LogP contribution in [0.15, 0.2) is 24.3 Å².